The lowest BCUT2D eigenvalue weighted by Gasteiger charge is -2.18. The van der Waals surface area contributed by atoms with Crippen LogP contribution in [0.15, 0.2) is 18.3 Å². The molecule has 0 aromatic carbocycles. The molecule has 16 heavy (non-hydrogen) atoms. The van der Waals surface area contributed by atoms with Gasteiger partial charge in [0, 0.05) is 39.5 Å². The summed E-state index contributed by atoms with van der Waals surface area (Å²) in [6, 6.07) is 4.08. The number of ether oxygens (including phenoxy) is 1. The minimum atomic E-state index is 0.0420. The fourth-order valence-electron chi connectivity index (χ4n) is 1.45. The molecule has 1 atom stereocenters. The van der Waals surface area contributed by atoms with E-state index in [0.29, 0.717) is 0 Å². The maximum Gasteiger partial charge on any atom is 0.128 e. The number of hydrogen-bond acceptors (Lipinski definition) is 4. The highest BCUT2D eigenvalue weighted by Gasteiger charge is 2.03. The summed E-state index contributed by atoms with van der Waals surface area (Å²) in [7, 11) is 3.75. The predicted octanol–water partition coefficient (Wildman–Crippen LogP) is 1.57. The van der Waals surface area contributed by atoms with E-state index in [1.165, 1.54) is 0 Å². The van der Waals surface area contributed by atoms with Crippen LogP contribution in [0.1, 0.15) is 24.9 Å². The van der Waals surface area contributed by atoms with Gasteiger partial charge in [-0.2, -0.15) is 0 Å². The third kappa shape index (κ3) is 3.79. The summed E-state index contributed by atoms with van der Waals surface area (Å²) in [6.07, 6.45) is 2.84. The molecule has 1 rings (SSSR count). The average molecular weight is 223 g/mol. The molecule has 4 heteroatoms. The van der Waals surface area contributed by atoms with E-state index in [-0.39, 0.29) is 6.04 Å². The second-order valence-corrected chi connectivity index (χ2v) is 4.01. The molecular weight excluding hydrogens is 202 g/mol. The molecule has 1 aromatic rings. The number of nitrogens with zero attached hydrogens (tertiary/aromatic N) is 2. The van der Waals surface area contributed by atoms with Gasteiger partial charge in [0.25, 0.3) is 0 Å². The maximum atomic E-state index is 5.77. The van der Waals surface area contributed by atoms with Crippen LogP contribution in [0.3, 0.4) is 0 Å². The summed E-state index contributed by atoms with van der Waals surface area (Å²) in [6.45, 7) is 3.68. The van der Waals surface area contributed by atoms with Crippen molar-refractivity contribution in [3.05, 3.63) is 23.9 Å². The zero-order valence-corrected chi connectivity index (χ0v) is 10.3. The number of hydrogen-bond donors (Lipinski definition) is 1. The second kappa shape index (κ2) is 6.45. The summed E-state index contributed by atoms with van der Waals surface area (Å²) in [5.41, 5.74) is 6.83. The summed E-state index contributed by atoms with van der Waals surface area (Å²) in [5.74, 6) is 0.973. The molecule has 2 N–H and O–H groups in total. The van der Waals surface area contributed by atoms with Gasteiger partial charge in [-0.25, -0.2) is 4.98 Å². The molecular formula is C12H21N3O. The van der Waals surface area contributed by atoms with E-state index in [0.717, 1.165) is 31.0 Å². The van der Waals surface area contributed by atoms with Gasteiger partial charge < -0.3 is 15.4 Å². The van der Waals surface area contributed by atoms with Gasteiger partial charge in [-0.3, -0.25) is 0 Å². The van der Waals surface area contributed by atoms with Crippen molar-refractivity contribution >= 4 is 5.82 Å². The first kappa shape index (κ1) is 12.9. The van der Waals surface area contributed by atoms with Crippen molar-refractivity contribution in [2.45, 2.75) is 19.4 Å². The van der Waals surface area contributed by atoms with Crippen molar-refractivity contribution in [2.24, 2.45) is 5.73 Å². The van der Waals surface area contributed by atoms with E-state index in [1.807, 2.05) is 32.3 Å². The van der Waals surface area contributed by atoms with Crippen LogP contribution < -0.4 is 10.6 Å². The van der Waals surface area contributed by atoms with Gasteiger partial charge in [0.15, 0.2) is 0 Å². The van der Waals surface area contributed by atoms with Crippen LogP contribution in [0.4, 0.5) is 5.82 Å². The Morgan fingerprint density at radius 2 is 2.25 bits per heavy atom. The summed E-state index contributed by atoms with van der Waals surface area (Å²) >= 11 is 0. The van der Waals surface area contributed by atoms with Crippen LogP contribution in [0.2, 0.25) is 0 Å². The number of nitrogens with two attached hydrogens (primary N) is 1. The Morgan fingerprint density at radius 1 is 1.50 bits per heavy atom. The highest BCUT2D eigenvalue weighted by Crippen LogP contribution is 2.13. The van der Waals surface area contributed by atoms with Crippen LogP contribution in [0.5, 0.6) is 0 Å². The second-order valence-electron chi connectivity index (χ2n) is 4.01. The van der Waals surface area contributed by atoms with E-state index in [1.54, 1.807) is 7.11 Å². The van der Waals surface area contributed by atoms with Gasteiger partial charge in [0.1, 0.15) is 5.82 Å². The average Bonchev–Trinajstić information content (AvgIpc) is 2.29. The molecule has 0 bridgehead atoms. The van der Waals surface area contributed by atoms with Crippen molar-refractivity contribution in [2.75, 3.05) is 32.2 Å². The zero-order valence-electron chi connectivity index (χ0n) is 10.3. The highest BCUT2D eigenvalue weighted by atomic mass is 16.5. The summed E-state index contributed by atoms with van der Waals surface area (Å²) < 4.78 is 5.02. The largest absolute Gasteiger partial charge is 0.385 e. The molecule has 0 saturated heterocycles. The topological polar surface area (TPSA) is 51.4 Å². The van der Waals surface area contributed by atoms with Crippen LogP contribution in [0.25, 0.3) is 0 Å². The number of rotatable bonds is 6. The number of pyridine rings is 1. The first-order valence-electron chi connectivity index (χ1n) is 5.56. The third-order valence-electron chi connectivity index (χ3n) is 2.53. The molecule has 90 valence electrons. The van der Waals surface area contributed by atoms with E-state index in [2.05, 4.69) is 9.88 Å². The van der Waals surface area contributed by atoms with E-state index >= 15 is 0 Å². The molecule has 0 aliphatic heterocycles. The molecule has 0 radical (unpaired) electrons. The quantitative estimate of drug-likeness (QED) is 0.744. The lowest BCUT2D eigenvalue weighted by atomic mass is 10.1. The van der Waals surface area contributed by atoms with Gasteiger partial charge in [-0.05, 0) is 25.0 Å². The predicted molar refractivity (Wildman–Crippen MR) is 66.6 cm³/mol. The minimum Gasteiger partial charge on any atom is -0.385 e. The smallest absolute Gasteiger partial charge is 0.128 e. The SMILES string of the molecule is COCCCN(C)c1ccc([C@H](C)N)cn1. The first-order chi connectivity index (χ1) is 7.65. The van der Waals surface area contributed by atoms with E-state index < -0.39 is 0 Å². The van der Waals surface area contributed by atoms with Crippen LogP contribution >= 0.6 is 0 Å². The number of aromatic nitrogens is 1. The van der Waals surface area contributed by atoms with Crippen molar-refractivity contribution in [3.63, 3.8) is 0 Å². The molecule has 4 nitrogen and oxygen atoms in total. The molecule has 0 spiro atoms. The third-order valence-corrected chi connectivity index (χ3v) is 2.53. The van der Waals surface area contributed by atoms with Crippen LogP contribution in [-0.2, 0) is 4.74 Å². The van der Waals surface area contributed by atoms with E-state index in [9.17, 15) is 0 Å². The lowest BCUT2D eigenvalue weighted by molar-refractivity contribution is 0.196. The fourth-order valence-corrected chi connectivity index (χ4v) is 1.45. The summed E-state index contributed by atoms with van der Waals surface area (Å²) in [4.78, 5) is 6.50. The Labute approximate surface area is 97.4 Å². The molecule has 0 aliphatic rings. The molecule has 0 amide bonds. The Balaban J connectivity index is 2.52. The molecule has 1 heterocycles. The zero-order chi connectivity index (χ0) is 12.0. The Morgan fingerprint density at radius 3 is 2.75 bits per heavy atom. The van der Waals surface area contributed by atoms with Gasteiger partial charge in [-0.1, -0.05) is 6.07 Å². The van der Waals surface area contributed by atoms with Gasteiger partial charge in [-0.15, -0.1) is 0 Å². The highest BCUT2D eigenvalue weighted by molar-refractivity contribution is 5.38. The summed E-state index contributed by atoms with van der Waals surface area (Å²) in [5, 5.41) is 0. The van der Waals surface area contributed by atoms with Gasteiger partial charge >= 0.3 is 0 Å². The monoisotopic (exact) mass is 223 g/mol. The van der Waals surface area contributed by atoms with Crippen LogP contribution in [0, 0.1) is 0 Å². The molecule has 0 fully saturated rings. The number of methoxy groups -OCH3 is 1. The molecule has 0 saturated carbocycles. The van der Waals surface area contributed by atoms with Crippen molar-refractivity contribution in [1.29, 1.82) is 0 Å². The Bertz CT molecular complexity index is 298. The van der Waals surface area contributed by atoms with Gasteiger partial charge in [0.05, 0.1) is 0 Å². The Kier molecular flexibility index (Phi) is 5.22. The molecule has 0 aliphatic carbocycles. The minimum absolute atomic E-state index is 0.0420. The van der Waals surface area contributed by atoms with Crippen molar-refractivity contribution in [1.82, 2.24) is 4.98 Å². The maximum absolute atomic E-state index is 5.77. The van der Waals surface area contributed by atoms with Crippen LogP contribution in [-0.4, -0.2) is 32.3 Å². The lowest BCUT2D eigenvalue weighted by Crippen LogP contribution is -2.21. The first-order valence-corrected chi connectivity index (χ1v) is 5.56. The van der Waals surface area contributed by atoms with Gasteiger partial charge in [0.2, 0.25) is 0 Å². The normalized spacial score (nSPS) is 12.5. The molecule has 0 unspecified atom stereocenters. The Hall–Kier alpha value is -1.13. The molecule has 1 aromatic heterocycles. The standard InChI is InChI=1S/C12H21N3O/c1-10(13)11-5-6-12(14-9-11)15(2)7-4-8-16-3/h5-6,9-10H,4,7-8,13H2,1-3H3/t10-/m0/s1. The van der Waals surface area contributed by atoms with Crippen molar-refractivity contribution in [3.8, 4) is 0 Å². The van der Waals surface area contributed by atoms with E-state index in [4.69, 9.17) is 10.5 Å². The van der Waals surface area contributed by atoms with Crippen molar-refractivity contribution < 1.29 is 4.74 Å². The fraction of sp³-hybridized carbons (Fsp3) is 0.583. The number of anilines is 1.